The molecule has 3 unspecified atom stereocenters. The molecule has 2 rings (SSSR count). The van der Waals surface area contributed by atoms with Crippen molar-refractivity contribution in [2.45, 2.75) is 103 Å². The molecule has 2 heteroatoms. The van der Waals surface area contributed by atoms with Gasteiger partial charge in [-0.05, 0) is 26.2 Å². The third-order valence-electron chi connectivity index (χ3n) is 5.48. The molecule has 2 saturated heterocycles. The van der Waals surface area contributed by atoms with Crippen molar-refractivity contribution in [1.82, 2.24) is 4.90 Å². The van der Waals surface area contributed by atoms with Crippen LogP contribution in [-0.4, -0.2) is 35.7 Å². The zero-order valence-corrected chi connectivity index (χ0v) is 14.0. The molecule has 2 aliphatic rings. The Morgan fingerprint density at radius 2 is 1.65 bits per heavy atom. The molecule has 0 aromatic heterocycles. The molecule has 2 heterocycles. The van der Waals surface area contributed by atoms with E-state index in [9.17, 15) is 0 Å². The fraction of sp³-hybridized carbons (Fsp3) is 1.00. The molecule has 2 nitrogen and oxygen atoms in total. The third-order valence-corrected chi connectivity index (χ3v) is 5.48. The fourth-order valence-corrected chi connectivity index (χ4v) is 4.16. The maximum atomic E-state index is 5.80. The zero-order valence-electron chi connectivity index (χ0n) is 14.0. The van der Waals surface area contributed by atoms with Crippen molar-refractivity contribution < 1.29 is 4.74 Å². The highest BCUT2D eigenvalue weighted by Crippen LogP contribution is 2.39. The molecule has 0 N–H and O–H groups in total. The minimum atomic E-state index is 0.437. The van der Waals surface area contributed by atoms with E-state index < -0.39 is 0 Å². The Hall–Kier alpha value is -0.0800. The summed E-state index contributed by atoms with van der Waals surface area (Å²) in [6.07, 6.45) is 14.3. The molecule has 0 amide bonds. The van der Waals surface area contributed by atoms with Crippen LogP contribution in [0.5, 0.6) is 0 Å². The molecule has 20 heavy (non-hydrogen) atoms. The summed E-state index contributed by atoms with van der Waals surface area (Å²) in [4.78, 5) is 2.82. The summed E-state index contributed by atoms with van der Waals surface area (Å²) in [6.45, 7) is 9.33. The Kier molecular flexibility index (Phi) is 6.35. The van der Waals surface area contributed by atoms with E-state index in [1.807, 2.05) is 0 Å². The Balaban J connectivity index is 1.88. The second-order valence-corrected chi connectivity index (χ2v) is 7.26. The van der Waals surface area contributed by atoms with Gasteiger partial charge < -0.3 is 4.74 Å². The number of unbranched alkanes of at least 4 members (excludes halogenated alkanes) is 5. The summed E-state index contributed by atoms with van der Waals surface area (Å²) in [7, 11) is 0. The van der Waals surface area contributed by atoms with Crippen LogP contribution < -0.4 is 0 Å². The summed E-state index contributed by atoms with van der Waals surface area (Å²) < 4.78 is 5.80. The van der Waals surface area contributed by atoms with Crippen molar-refractivity contribution in [3.05, 3.63) is 0 Å². The second-order valence-electron chi connectivity index (χ2n) is 7.26. The molecule has 2 aliphatic heterocycles. The van der Waals surface area contributed by atoms with Crippen LogP contribution in [0.3, 0.4) is 0 Å². The highest BCUT2D eigenvalue weighted by atomic mass is 16.5. The maximum absolute atomic E-state index is 5.80. The molecule has 3 atom stereocenters. The van der Waals surface area contributed by atoms with Crippen LogP contribution in [0, 0.1) is 0 Å². The molecular weight excluding hydrogens is 246 g/mol. The zero-order chi connectivity index (χ0) is 14.4. The van der Waals surface area contributed by atoms with E-state index in [1.54, 1.807) is 0 Å². The number of hydrogen-bond donors (Lipinski definition) is 0. The highest BCUT2D eigenvalue weighted by Gasteiger charge is 2.46. The molecule has 0 aromatic carbocycles. The number of rotatable bonds is 10. The Morgan fingerprint density at radius 1 is 1.00 bits per heavy atom. The molecule has 0 radical (unpaired) electrons. The van der Waals surface area contributed by atoms with Crippen molar-refractivity contribution in [3.8, 4) is 0 Å². The van der Waals surface area contributed by atoms with E-state index in [1.165, 1.54) is 70.8 Å². The molecule has 0 spiro atoms. The average Bonchev–Trinajstić information content (AvgIpc) is 3.07. The van der Waals surface area contributed by atoms with Crippen molar-refractivity contribution >= 4 is 0 Å². The van der Waals surface area contributed by atoms with Gasteiger partial charge >= 0.3 is 0 Å². The molecule has 0 saturated carbocycles. The first kappa shape index (κ1) is 16.3. The lowest BCUT2D eigenvalue weighted by atomic mass is 9.86. The Labute approximate surface area is 126 Å². The normalized spacial score (nSPS) is 28.9. The van der Waals surface area contributed by atoms with Crippen LogP contribution in [0.2, 0.25) is 0 Å². The van der Waals surface area contributed by atoms with Gasteiger partial charge in [0.05, 0.1) is 12.7 Å². The van der Waals surface area contributed by atoms with Gasteiger partial charge in [0.25, 0.3) is 0 Å². The van der Waals surface area contributed by atoms with Gasteiger partial charge in [0.2, 0.25) is 0 Å². The average molecular weight is 281 g/mol. The van der Waals surface area contributed by atoms with Gasteiger partial charge in [0, 0.05) is 18.1 Å². The Bertz CT molecular complexity index is 281. The number of hydrogen-bond acceptors (Lipinski definition) is 2. The van der Waals surface area contributed by atoms with Crippen molar-refractivity contribution in [3.63, 3.8) is 0 Å². The summed E-state index contributed by atoms with van der Waals surface area (Å²) >= 11 is 0. The molecule has 2 fully saturated rings. The number of ether oxygens (including phenoxy) is 1. The van der Waals surface area contributed by atoms with Crippen molar-refractivity contribution in [1.29, 1.82) is 0 Å². The first-order valence-electron chi connectivity index (χ1n) is 9.08. The summed E-state index contributed by atoms with van der Waals surface area (Å²) in [5, 5.41) is 0. The van der Waals surface area contributed by atoms with Gasteiger partial charge in [-0.3, -0.25) is 4.90 Å². The fourth-order valence-electron chi connectivity index (χ4n) is 4.16. The molecule has 118 valence electrons. The van der Waals surface area contributed by atoms with Crippen LogP contribution in [0.25, 0.3) is 0 Å². The lowest BCUT2D eigenvalue weighted by Gasteiger charge is -2.44. The smallest absolute Gasteiger partial charge is 0.0718 e. The van der Waals surface area contributed by atoms with E-state index in [0.29, 0.717) is 11.6 Å². The van der Waals surface area contributed by atoms with E-state index in [-0.39, 0.29) is 0 Å². The first-order valence-corrected chi connectivity index (χ1v) is 9.08. The molecule has 0 aromatic rings. The number of morpholine rings is 1. The van der Waals surface area contributed by atoms with E-state index in [4.69, 9.17) is 4.74 Å². The lowest BCUT2D eigenvalue weighted by molar-refractivity contribution is -0.0277. The molecule has 0 aliphatic carbocycles. The maximum Gasteiger partial charge on any atom is 0.0718 e. The largest absolute Gasteiger partial charge is 0.375 e. The second kappa shape index (κ2) is 7.79. The van der Waals surface area contributed by atoms with Gasteiger partial charge in [0.15, 0.2) is 0 Å². The number of fused-ring (bicyclic) bond motifs is 2. The van der Waals surface area contributed by atoms with E-state index in [2.05, 4.69) is 25.7 Å². The minimum absolute atomic E-state index is 0.437. The number of nitrogens with zero attached hydrogens (tertiary/aromatic N) is 1. The molecule has 2 bridgehead atoms. The standard InChI is InChI=1S/C18H35NO/c1-4-6-8-10-12-18(3,11-9-7-5-2)19-14-17-13-16(19)15-20-17/h16-17H,4-15H2,1-3H3. The molecular formula is C18H35NO. The van der Waals surface area contributed by atoms with Crippen LogP contribution >= 0.6 is 0 Å². The van der Waals surface area contributed by atoms with Crippen LogP contribution in [0.15, 0.2) is 0 Å². The minimum Gasteiger partial charge on any atom is -0.375 e. The van der Waals surface area contributed by atoms with Gasteiger partial charge in [0.1, 0.15) is 0 Å². The van der Waals surface area contributed by atoms with Crippen molar-refractivity contribution in [2.75, 3.05) is 13.2 Å². The quantitative estimate of drug-likeness (QED) is 0.535. The monoisotopic (exact) mass is 281 g/mol. The first-order chi connectivity index (χ1) is 9.69. The van der Waals surface area contributed by atoms with Gasteiger partial charge in [-0.15, -0.1) is 0 Å². The summed E-state index contributed by atoms with van der Waals surface area (Å²) in [5.41, 5.74) is 0.437. The van der Waals surface area contributed by atoms with E-state index in [0.717, 1.165) is 12.6 Å². The predicted octanol–water partition coefficient (Wildman–Crippen LogP) is 4.77. The van der Waals surface area contributed by atoms with Crippen LogP contribution in [0.4, 0.5) is 0 Å². The van der Waals surface area contributed by atoms with Crippen LogP contribution in [0.1, 0.15) is 85.0 Å². The van der Waals surface area contributed by atoms with Gasteiger partial charge in [-0.2, -0.15) is 0 Å². The summed E-state index contributed by atoms with van der Waals surface area (Å²) in [6, 6.07) is 0.720. The summed E-state index contributed by atoms with van der Waals surface area (Å²) in [5.74, 6) is 0. The lowest BCUT2D eigenvalue weighted by Crippen LogP contribution is -2.52. The van der Waals surface area contributed by atoms with Crippen molar-refractivity contribution in [2.24, 2.45) is 0 Å². The predicted molar refractivity (Wildman–Crippen MR) is 86.2 cm³/mol. The number of likely N-dealkylation sites (tertiary alicyclic amines) is 1. The topological polar surface area (TPSA) is 12.5 Å². The van der Waals surface area contributed by atoms with Gasteiger partial charge in [-0.1, -0.05) is 58.8 Å². The van der Waals surface area contributed by atoms with Crippen LogP contribution in [-0.2, 0) is 4.74 Å². The SMILES string of the molecule is CCCCCCC(C)(CCCCC)N1CC2CC1CO2. The van der Waals surface area contributed by atoms with Gasteiger partial charge in [-0.25, -0.2) is 0 Å². The van der Waals surface area contributed by atoms with E-state index >= 15 is 0 Å². The highest BCUT2D eigenvalue weighted by molar-refractivity contribution is 5.00. The third kappa shape index (κ3) is 3.98. The Morgan fingerprint density at radius 3 is 2.20 bits per heavy atom.